The van der Waals surface area contributed by atoms with E-state index in [0.717, 1.165) is 12.1 Å². The van der Waals surface area contributed by atoms with Crippen molar-refractivity contribution >= 4 is 0 Å². The van der Waals surface area contributed by atoms with Gasteiger partial charge in [-0.2, -0.15) is 5.26 Å². The summed E-state index contributed by atoms with van der Waals surface area (Å²) in [5.74, 6) is 0.653. The molecule has 0 bridgehead atoms. The molecule has 1 atom stereocenters. The fraction of sp³-hybridized carbons (Fsp3) is 0.400. The van der Waals surface area contributed by atoms with Crippen LogP contribution in [-0.4, -0.2) is 42.9 Å². The van der Waals surface area contributed by atoms with Crippen LogP contribution in [0, 0.1) is 11.3 Å². The van der Waals surface area contributed by atoms with Gasteiger partial charge in [0.15, 0.2) is 0 Å². The van der Waals surface area contributed by atoms with Crippen LogP contribution in [0.5, 0.6) is 5.75 Å². The normalized spacial score (nSPS) is 11.9. The Morgan fingerprint density at radius 3 is 2.63 bits per heavy atom. The molecule has 0 heterocycles. The van der Waals surface area contributed by atoms with E-state index in [0.29, 0.717) is 17.9 Å². The Hall–Kier alpha value is -1.83. The molecule has 1 aromatic rings. The highest BCUT2D eigenvalue weighted by Crippen LogP contribution is 2.11. The first-order valence-electron chi connectivity index (χ1n) is 6.15. The van der Waals surface area contributed by atoms with Gasteiger partial charge in [0, 0.05) is 13.1 Å². The smallest absolute Gasteiger partial charge is 0.119 e. The quantitative estimate of drug-likeness (QED) is 0.760. The maximum Gasteiger partial charge on any atom is 0.119 e. The number of ether oxygens (including phenoxy) is 1. The molecule has 0 amide bonds. The van der Waals surface area contributed by atoms with Crippen LogP contribution in [0.2, 0.25) is 0 Å². The van der Waals surface area contributed by atoms with Crippen LogP contribution in [0.25, 0.3) is 0 Å². The molecule has 0 radical (unpaired) electrons. The molecule has 4 heteroatoms. The third-order valence-electron chi connectivity index (χ3n) is 2.49. The summed E-state index contributed by atoms with van der Waals surface area (Å²) in [6.45, 7) is 7.30. The monoisotopic (exact) mass is 260 g/mol. The van der Waals surface area contributed by atoms with Gasteiger partial charge in [0.2, 0.25) is 0 Å². The topological polar surface area (TPSA) is 56.5 Å². The average molecular weight is 260 g/mol. The Kier molecular flexibility index (Phi) is 6.07. The predicted octanol–water partition coefficient (Wildman–Crippen LogP) is 1.81. The highest BCUT2D eigenvalue weighted by Gasteiger charge is 2.09. The highest BCUT2D eigenvalue weighted by molar-refractivity contribution is 5.34. The third-order valence-corrected chi connectivity index (χ3v) is 2.49. The van der Waals surface area contributed by atoms with Crippen LogP contribution in [0.4, 0.5) is 0 Å². The third kappa shape index (κ3) is 6.05. The first-order valence-corrected chi connectivity index (χ1v) is 6.15. The second-order valence-corrected chi connectivity index (χ2v) is 4.75. The first kappa shape index (κ1) is 15.2. The molecule has 0 aliphatic carbocycles. The van der Waals surface area contributed by atoms with E-state index in [1.807, 2.05) is 24.9 Å². The molecular weight excluding hydrogens is 240 g/mol. The summed E-state index contributed by atoms with van der Waals surface area (Å²) in [4.78, 5) is 2.00. The number of aliphatic hydroxyl groups excluding tert-OH is 1. The van der Waals surface area contributed by atoms with Gasteiger partial charge in [-0.25, -0.2) is 0 Å². The summed E-state index contributed by atoms with van der Waals surface area (Å²) in [5, 5.41) is 18.5. The van der Waals surface area contributed by atoms with E-state index in [2.05, 4.69) is 6.58 Å². The van der Waals surface area contributed by atoms with E-state index in [4.69, 9.17) is 10.00 Å². The zero-order chi connectivity index (χ0) is 14.3. The minimum absolute atomic E-state index is 0.229. The van der Waals surface area contributed by atoms with Crippen LogP contribution in [0.15, 0.2) is 36.4 Å². The summed E-state index contributed by atoms with van der Waals surface area (Å²) >= 11 is 0. The van der Waals surface area contributed by atoms with Crippen molar-refractivity contribution in [2.45, 2.75) is 13.0 Å². The highest BCUT2D eigenvalue weighted by atomic mass is 16.5. The van der Waals surface area contributed by atoms with Gasteiger partial charge in [-0.05, 0) is 38.2 Å². The van der Waals surface area contributed by atoms with Crippen LogP contribution < -0.4 is 4.74 Å². The molecule has 1 unspecified atom stereocenters. The molecular formula is C15H20N2O2. The van der Waals surface area contributed by atoms with Gasteiger partial charge < -0.3 is 9.84 Å². The van der Waals surface area contributed by atoms with Crippen molar-refractivity contribution in [3.63, 3.8) is 0 Å². The molecule has 102 valence electrons. The molecule has 1 aromatic carbocycles. The van der Waals surface area contributed by atoms with E-state index >= 15 is 0 Å². The van der Waals surface area contributed by atoms with Crippen molar-refractivity contribution in [2.75, 3.05) is 26.7 Å². The molecule has 0 saturated heterocycles. The van der Waals surface area contributed by atoms with Gasteiger partial charge in [-0.1, -0.05) is 12.2 Å². The van der Waals surface area contributed by atoms with Crippen molar-refractivity contribution in [3.05, 3.63) is 42.0 Å². The number of nitriles is 1. The SMILES string of the molecule is C=C(C)CN(C)CC(O)COc1ccc(C#N)cc1. The van der Waals surface area contributed by atoms with Crippen LogP contribution in [-0.2, 0) is 0 Å². The Labute approximate surface area is 114 Å². The van der Waals surface area contributed by atoms with E-state index in [-0.39, 0.29) is 6.61 Å². The number of nitrogens with zero attached hydrogens (tertiary/aromatic N) is 2. The number of aliphatic hydroxyl groups is 1. The van der Waals surface area contributed by atoms with Crippen molar-refractivity contribution < 1.29 is 9.84 Å². The Morgan fingerprint density at radius 2 is 2.11 bits per heavy atom. The lowest BCUT2D eigenvalue weighted by Gasteiger charge is -2.20. The number of hydrogen-bond acceptors (Lipinski definition) is 4. The van der Waals surface area contributed by atoms with Gasteiger partial charge in [0.25, 0.3) is 0 Å². The fourth-order valence-electron chi connectivity index (χ4n) is 1.76. The molecule has 0 fully saturated rings. The zero-order valence-electron chi connectivity index (χ0n) is 11.5. The molecule has 0 spiro atoms. The molecule has 1 rings (SSSR count). The predicted molar refractivity (Wildman–Crippen MR) is 75.0 cm³/mol. The largest absolute Gasteiger partial charge is 0.491 e. The van der Waals surface area contributed by atoms with Gasteiger partial charge in [-0.15, -0.1) is 0 Å². The number of likely N-dealkylation sites (N-methyl/N-ethyl adjacent to an activating group) is 1. The standard InChI is InChI=1S/C15H20N2O2/c1-12(2)9-17(3)10-14(18)11-19-15-6-4-13(8-16)5-7-15/h4-7,14,18H,1,9-11H2,2-3H3. The minimum Gasteiger partial charge on any atom is -0.491 e. The van der Waals surface area contributed by atoms with E-state index in [9.17, 15) is 5.11 Å². The summed E-state index contributed by atoms with van der Waals surface area (Å²) in [5.41, 5.74) is 1.65. The molecule has 0 aliphatic heterocycles. The second-order valence-electron chi connectivity index (χ2n) is 4.75. The molecule has 0 aliphatic rings. The maximum absolute atomic E-state index is 9.85. The summed E-state index contributed by atoms with van der Waals surface area (Å²) in [6, 6.07) is 8.87. The van der Waals surface area contributed by atoms with Crippen LogP contribution in [0.3, 0.4) is 0 Å². The molecule has 19 heavy (non-hydrogen) atoms. The maximum atomic E-state index is 9.85. The Balaban J connectivity index is 2.35. The number of rotatable bonds is 7. The summed E-state index contributed by atoms with van der Waals surface area (Å²) in [7, 11) is 1.93. The van der Waals surface area contributed by atoms with Gasteiger partial charge in [0.1, 0.15) is 18.5 Å². The lowest BCUT2D eigenvalue weighted by molar-refractivity contribution is 0.0789. The minimum atomic E-state index is -0.556. The van der Waals surface area contributed by atoms with Crippen molar-refractivity contribution in [3.8, 4) is 11.8 Å². The van der Waals surface area contributed by atoms with Crippen LogP contribution >= 0.6 is 0 Å². The molecule has 1 N–H and O–H groups in total. The lowest BCUT2D eigenvalue weighted by Crippen LogP contribution is -2.33. The Bertz CT molecular complexity index is 448. The summed E-state index contributed by atoms with van der Waals surface area (Å²) < 4.78 is 5.46. The van der Waals surface area contributed by atoms with E-state index in [1.165, 1.54) is 0 Å². The van der Waals surface area contributed by atoms with Gasteiger partial charge >= 0.3 is 0 Å². The lowest BCUT2D eigenvalue weighted by atomic mass is 10.2. The number of hydrogen-bond donors (Lipinski definition) is 1. The second kappa shape index (κ2) is 7.57. The van der Waals surface area contributed by atoms with Crippen molar-refractivity contribution in [1.29, 1.82) is 5.26 Å². The van der Waals surface area contributed by atoms with Gasteiger partial charge in [0.05, 0.1) is 11.6 Å². The van der Waals surface area contributed by atoms with Crippen LogP contribution in [0.1, 0.15) is 12.5 Å². The summed E-state index contributed by atoms with van der Waals surface area (Å²) in [6.07, 6.45) is -0.556. The zero-order valence-corrected chi connectivity index (χ0v) is 11.5. The van der Waals surface area contributed by atoms with Crippen molar-refractivity contribution in [1.82, 2.24) is 4.90 Å². The first-order chi connectivity index (χ1) is 9.01. The Morgan fingerprint density at radius 1 is 1.47 bits per heavy atom. The van der Waals surface area contributed by atoms with Crippen molar-refractivity contribution in [2.24, 2.45) is 0 Å². The molecule has 0 saturated carbocycles. The van der Waals surface area contributed by atoms with Gasteiger partial charge in [-0.3, -0.25) is 4.90 Å². The fourth-order valence-corrected chi connectivity index (χ4v) is 1.76. The van der Waals surface area contributed by atoms with E-state index in [1.54, 1.807) is 24.3 Å². The van der Waals surface area contributed by atoms with E-state index < -0.39 is 6.10 Å². The molecule has 4 nitrogen and oxygen atoms in total. The molecule has 0 aromatic heterocycles. The average Bonchev–Trinajstić information content (AvgIpc) is 2.36. The number of benzene rings is 1.